The Morgan fingerprint density at radius 3 is 2.37 bits per heavy atom. The van der Waals surface area contributed by atoms with Crippen LogP contribution >= 0.6 is 0 Å². The van der Waals surface area contributed by atoms with Gasteiger partial charge in [-0.2, -0.15) is 9.40 Å². The Morgan fingerprint density at radius 2 is 1.71 bits per heavy atom. The van der Waals surface area contributed by atoms with Crippen molar-refractivity contribution in [2.45, 2.75) is 4.90 Å². The molecule has 1 amide bonds. The number of hydrogen-bond acceptors (Lipinski definition) is 8. The molecule has 2 aliphatic rings. The average molecular weight is 499 g/mol. The molecular weight excluding hydrogens is 472 g/mol. The number of benzene rings is 1. The molecule has 5 rings (SSSR count). The second-order valence-electron chi connectivity index (χ2n) is 8.10. The largest absolute Gasteiger partial charge is 0.379 e. The minimum Gasteiger partial charge on any atom is -0.379 e. The summed E-state index contributed by atoms with van der Waals surface area (Å²) < 4.78 is 40.2. The first-order chi connectivity index (χ1) is 17.0. The van der Waals surface area contributed by atoms with Gasteiger partial charge in [-0.1, -0.05) is 0 Å². The fourth-order valence-corrected chi connectivity index (χ4v) is 5.51. The number of ether oxygens (including phenoxy) is 2. The predicted octanol–water partition coefficient (Wildman–Crippen LogP) is 1.38. The lowest BCUT2D eigenvalue weighted by Crippen LogP contribution is -2.41. The van der Waals surface area contributed by atoms with Crippen LogP contribution in [0, 0.1) is 0 Å². The van der Waals surface area contributed by atoms with Crippen molar-refractivity contribution in [1.29, 1.82) is 0 Å². The molecule has 0 bridgehead atoms. The molecule has 184 valence electrons. The molecule has 0 atom stereocenters. The van der Waals surface area contributed by atoms with E-state index in [1.165, 1.54) is 16.6 Å². The van der Waals surface area contributed by atoms with E-state index in [-0.39, 0.29) is 23.5 Å². The third-order valence-electron chi connectivity index (χ3n) is 5.92. The van der Waals surface area contributed by atoms with Crippen LogP contribution in [-0.4, -0.2) is 86.0 Å². The van der Waals surface area contributed by atoms with Gasteiger partial charge in [-0.25, -0.2) is 18.1 Å². The number of morpholine rings is 2. The quantitative estimate of drug-likeness (QED) is 0.542. The normalized spacial score (nSPS) is 17.3. The summed E-state index contributed by atoms with van der Waals surface area (Å²) in [6.45, 7) is 3.54. The van der Waals surface area contributed by atoms with E-state index in [1.807, 2.05) is 4.90 Å². The number of nitrogens with one attached hydrogen (secondary N) is 1. The summed E-state index contributed by atoms with van der Waals surface area (Å²) >= 11 is 0. The molecule has 11 nitrogen and oxygen atoms in total. The molecule has 0 unspecified atom stereocenters. The van der Waals surface area contributed by atoms with Crippen molar-refractivity contribution >= 4 is 27.3 Å². The van der Waals surface area contributed by atoms with Gasteiger partial charge in [0.15, 0.2) is 5.82 Å². The van der Waals surface area contributed by atoms with Crippen LogP contribution in [0.3, 0.4) is 0 Å². The van der Waals surface area contributed by atoms with Crippen molar-refractivity contribution in [3.05, 3.63) is 60.6 Å². The highest BCUT2D eigenvalue weighted by molar-refractivity contribution is 7.89. The van der Waals surface area contributed by atoms with Gasteiger partial charge in [0, 0.05) is 44.3 Å². The third-order valence-corrected chi connectivity index (χ3v) is 7.81. The maximum Gasteiger partial charge on any atom is 0.257 e. The summed E-state index contributed by atoms with van der Waals surface area (Å²) in [5.41, 5.74) is 1.42. The molecule has 2 aliphatic heterocycles. The first-order valence-corrected chi connectivity index (χ1v) is 12.8. The van der Waals surface area contributed by atoms with Gasteiger partial charge in [0.1, 0.15) is 0 Å². The number of anilines is 2. The van der Waals surface area contributed by atoms with Gasteiger partial charge in [-0.05, 0) is 36.4 Å². The van der Waals surface area contributed by atoms with Crippen LogP contribution in [0.25, 0.3) is 5.82 Å². The molecule has 2 aromatic heterocycles. The molecule has 12 heteroatoms. The highest BCUT2D eigenvalue weighted by Crippen LogP contribution is 2.28. The molecule has 2 fully saturated rings. The summed E-state index contributed by atoms with van der Waals surface area (Å²) in [5, 5.41) is 6.99. The second kappa shape index (κ2) is 10.1. The number of carbonyl (C=O) groups is 1. The zero-order valence-electron chi connectivity index (χ0n) is 19.0. The van der Waals surface area contributed by atoms with Crippen LogP contribution in [0.1, 0.15) is 10.4 Å². The predicted molar refractivity (Wildman–Crippen MR) is 128 cm³/mol. The number of aromatic nitrogens is 3. The first-order valence-electron chi connectivity index (χ1n) is 11.3. The summed E-state index contributed by atoms with van der Waals surface area (Å²) in [6, 6.07) is 9.98. The lowest BCUT2D eigenvalue weighted by atomic mass is 10.1. The number of pyridine rings is 1. The van der Waals surface area contributed by atoms with Crippen LogP contribution < -0.4 is 10.2 Å². The molecule has 1 N–H and O–H groups in total. The first kappa shape index (κ1) is 23.4. The second-order valence-corrected chi connectivity index (χ2v) is 10.0. The Kier molecular flexibility index (Phi) is 6.77. The molecule has 4 heterocycles. The van der Waals surface area contributed by atoms with Crippen molar-refractivity contribution in [3.8, 4) is 5.82 Å². The van der Waals surface area contributed by atoms with E-state index < -0.39 is 15.9 Å². The van der Waals surface area contributed by atoms with E-state index in [0.717, 1.165) is 0 Å². The monoisotopic (exact) mass is 498 g/mol. The maximum absolute atomic E-state index is 13.4. The molecule has 2 saturated heterocycles. The zero-order chi connectivity index (χ0) is 24.3. The Labute approximate surface area is 203 Å². The van der Waals surface area contributed by atoms with Crippen LogP contribution in [-0.2, 0) is 19.5 Å². The third kappa shape index (κ3) is 5.05. The molecule has 0 saturated carbocycles. The van der Waals surface area contributed by atoms with Crippen LogP contribution in [0.2, 0.25) is 0 Å². The minimum absolute atomic E-state index is 0.0775. The van der Waals surface area contributed by atoms with E-state index in [1.54, 1.807) is 47.4 Å². The van der Waals surface area contributed by atoms with Crippen LogP contribution in [0.5, 0.6) is 0 Å². The Balaban J connectivity index is 1.44. The summed E-state index contributed by atoms with van der Waals surface area (Å²) in [5.74, 6) is 0.194. The average Bonchev–Trinajstić information content (AvgIpc) is 3.45. The fourth-order valence-electron chi connectivity index (χ4n) is 4.07. The number of sulfonamides is 1. The number of amides is 1. The van der Waals surface area contributed by atoms with Crippen LogP contribution in [0.4, 0.5) is 11.4 Å². The lowest BCUT2D eigenvalue weighted by molar-refractivity contribution is 0.0730. The van der Waals surface area contributed by atoms with Crippen molar-refractivity contribution in [2.75, 3.05) is 62.8 Å². The molecular formula is C23H26N6O5S. The molecule has 0 radical (unpaired) electrons. The van der Waals surface area contributed by atoms with Crippen molar-refractivity contribution in [2.24, 2.45) is 0 Å². The van der Waals surface area contributed by atoms with Crippen molar-refractivity contribution in [3.63, 3.8) is 0 Å². The SMILES string of the molecule is O=C(Nc1ccc(-n2cccn2)nc1)c1cc(S(=O)(=O)N2CCOCC2)ccc1N1CCOCC1. The standard InChI is InChI=1S/C23H26N6O5S/c30-23(26-18-2-5-22(24-17-18)29-7-1-6-25-29)20-16-19(35(31,32)28-10-14-34-15-11-28)3-4-21(20)27-8-12-33-13-9-27/h1-7,16-17H,8-15H2,(H,26,30). The van der Waals surface area contributed by atoms with Crippen LogP contribution in [0.15, 0.2) is 59.9 Å². The summed E-state index contributed by atoms with van der Waals surface area (Å²) in [4.78, 5) is 19.9. The topological polar surface area (TPSA) is 119 Å². The number of nitrogens with zero attached hydrogens (tertiary/aromatic N) is 5. The van der Waals surface area contributed by atoms with E-state index in [0.29, 0.717) is 56.7 Å². The van der Waals surface area contributed by atoms with E-state index >= 15 is 0 Å². The van der Waals surface area contributed by atoms with Crippen molar-refractivity contribution < 1.29 is 22.7 Å². The maximum atomic E-state index is 13.4. The lowest BCUT2D eigenvalue weighted by Gasteiger charge is -2.31. The Morgan fingerprint density at radius 1 is 0.971 bits per heavy atom. The highest BCUT2D eigenvalue weighted by Gasteiger charge is 2.29. The van der Waals surface area contributed by atoms with Gasteiger partial charge in [0.2, 0.25) is 10.0 Å². The van der Waals surface area contributed by atoms with Gasteiger partial charge in [-0.3, -0.25) is 4.79 Å². The van der Waals surface area contributed by atoms with Gasteiger partial charge < -0.3 is 19.7 Å². The summed E-state index contributed by atoms with van der Waals surface area (Å²) in [6.07, 6.45) is 4.97. The van der Waals surface area contributed by atoms with Gasteiger partial charge >= 0.3 is 0 Å². The van der Waals surface area contributed by atoms with E-state index in [9.17, 15) is 13.2 Å². The Hall–Kier alpha value is -3.32. The van der Waals surface area contributed by atoms with Gasteiger partial charge in [-0.15, -0.1) is 0 Å². The Bertz CT molecular complexity index is 1270. The zero-order valence-corrected chi connectivity index (χ0v) is 19.9. The smallest absolute Gasteiger partial charge is 0.257 e. The number of hydrogen-bond donors (Lipinski definition) is 1. The van der Waals surface area contributed by atoms with Gasteiger partial charge in [0.25, 0.3) is 5.91 Å². The van der Waals surface area contributed by atoms with E-state index in [4.69, 9.17) is 9.47 Å². The molecule has 0 spiro atoms. The van der Waals surface area contributed by atoms with E-state index in [2.05, 4.69) is 15.4 Å². The molecule has 1 aromatic carbocycles. The molecule has 35 heavy (non-hydrogen) atoms. The van der Waals surface area contributed by atoms with Gasteiger partial charge in [0.05, 0.1) is 48.8 Å². The summed E-state index contributed by atoms with van der Waals surface area (Å²) in [7, 11) is -3.76. The number of rotatable bonds is 6. The fraction of sp³-hybridized carbons (Fsp3) is 0.348. The minimum atomic E-state index is -3.76. The number of carbonyl (C=O) groups excluding carboxylic acids is 1. The van der Waals surface area contributed by atoms with Crippen molar-refractivity contribution in [1.82, 2.24) is 19.1 Å². The molecule has 0 aliphatic carbocycles. The highest BCUT2D eigenvalue weighted by atomic mass is 32.2. The molecule has 3 aromatic rings.